The van der Waals surface area contributed by atoms with E-state index in [1.54, 1.807) is 24.1 Å². The highest BCUT2D eigenvalue weighted by atomic mass is 79.9. The molecule has 0 spiro atoms. The minimum Gasteiger partial charge on any atom is -0.349 e. The van der Waals surface area contributed by atoms with Crippen LogP contribution in [-0.4, -0.2) is 27.1 Å². The van der Waals surface area contributed by atoms with E-state index in [2.05, 4.69) is 26.3 Å². The highest BCUT2D eigenvalue weighted by Crippen LogP contribution is 2.02. The van der Waals surface area contributed by atoms with Crippen molar-refractivity contribution in [1.29, 1.82) is 0 Å². The van der Waals surface area contributed by atoms with Crippen LogP contribution in [0.5, 0.6) is 0 Å². The minimum absolute atomic E-state index is 0.0508. The second-order valence-corrected chi connectivity index (χ2v) is 4.40. The number of rotatable bonds is 5. The number of alkyl halides is 1. The van der Waals surface area contributed by atoms with Gasteiger partial charge < -0.3 is 5.32 Å². The van der Waals surface area contributed by atoms with Crippen LogP contribution in [0.4, 0.5) is 0 Å². The van der Waals surface area contributed by atoms with Crippen LogP contribution in [0.15, 0.2) is 12.4 Å². The zero-order chi connectivity index (χ0) is 11.3. The van der Waals surface area contributed by atoms with E-state index in [-0.39, 0.29) is 11.9 Å². The standard InChI is InChI=1S/C10H16BrN3O/c1-8(4-3-5-11)13-10(15)9-6-12-14(2)7-9/h6-8H,3-5H2,1-2H3,(H,13,15). The van der Waals surface area contributed by atoms with Crippen LogP contribution in [0.25, 0.3) is 0 Å². The summed E-state index contributed by atoms with van der Waals surface area (Å²) < 4.78 is 1.62. The topological polar surface area (TPSA) is 46.9 Å². The Morgan fingerprint density at radius 2 is 2.47 bits per heavy atom. The Labute approximate surface area is 98.2 Å². The molecule has 1 atom stereocenters. The molecule has 84 valence electrons. The molecule has 0 radical (unpaired) electrons. The molecule has 1 aromatic rings. The van der Waals surface area contributed by atoms with Gasteiger partial charge in [-0.25, -0.2) is 0 Å². The van der Waals surface area contributed by atoms with E-state index in [4.69, 9.17) is 0 Å². The van der Waals surface area contributed by atoms with E-state index in [9.17, 15) is 4.79 Å². The summed E-state index contributed by atoms with van der Waals surface area (Å²) in [6, 6.07) is 0.204. The molecule has 0 aromatic carbocycles. The molecule has 1 aromatic heterocycles. The molecule has 1 heterocycles. The average molecular weight is 274 g/mol. The Bertz CT molecular complexity index is 324. The Morgan fingerprint density at radius 3 is 3.00 bits per heavy atom. The lowest BCUT2D eigenvalue weighted by Crippen LogP contribution is -2.32. The SMILES string of the molecule is CC(CCCBr)NC(=O)c1cnn(C)c1. The maximum Gasteiger partial charge on any atom is 0.254 e. The van der Waals surface area contributed by atoms with Gasteiger partial charge in [-0.15, -0.1) is 0 Å². The molecule has 0 bridgehead atoms. The Balaban J connectivity index is 2.42. The van der Waals surface area contributed by atoms with E-state index >= 15 is 0 Å². The van der Waals surface area contributed by atoms with Crippen LogP contribution >= 0.6 is 15.9 Å². The van der Waals surface area contributed by atoms with E-state index in [1.807, 2.05) is 6.92 Å². The fourth-order valence-corrected chi connectivity index (χ4v) is 1.62. The summed E-state index contributed by atoms with van der Waals surface area (Å²) in [6.45, 7) is 2.01. The van der Waals surface area contributed by atoms with Gasteiger partial charge in [0.05, 0.1) is 11.8 Å². The maximum absolute atomic E-state index is 11.7. The normalized spacial score (nSPS) is 12.5. The first-order valence-electron chi connectivity index (χ1n) is 4.99. The fourth-order valence-electron chi connectivity index (χ4n) is 1.30. The van der Waals surface area contributed by atoms with Crippen LogP contribution in [-0.2, 0) is 7.05 Å². The van der Waals surface area contributed by atoms with Crippen molar-refractivity contribution in [2.75, 3.05) is 5.33 Å². The van der Waals surface area contributed by atoms with Gasteiger partial charge in [-0.1, -0.05) is 15.9 Å². The molecule has 0 aliphatic heterocycles. The smallest absolute Gasteiger partial charge is 0.254 e. The number of hydrogen-bond acceptors (Lipinski definition) is 2. The average Bonchev–Trinajstić information content (AvgIpc) is 2.61. The summed E-state index contributed by atoms with van der Waals surface area (Å²) in [7, 11) is 1.80. The first-order valence-corrected chi connectivity index (χ1v) is 6.11. The fraction of sp³-hybridized carbons (Fsp3) is 0.600. The molecule has 4 nitrogen and oxygen atoms in total. The van der Waals surface area contributed by atoms with Gasteiger partial charge in [-0.05, 0) is 19.8 Å². The molecule has 0 aliphatic carbocycles. The van der Waals surface area contributed by atoms with Crippen molar-refractivity contribution in [1.82, 2.24) is 15.1 Å². The molecule has 0 aliphatic rings. The van der Waals surface area contributed by atoms with Crippen molar-refractivity contribution >= 4 is 21.8 Å². The summed E-state index contributed by atoms with van der Waals surface area (Å²) >= 11 is 3.37. The van der Waals surface area contributed by atoms with Crippen molar-refractivity contribution in [2.45, 2.75) is 25.8 Å². The Kier molecular flexibility index (Phi) is 4.81. The quantitative estimate of drug-likeness (QED) is 0.831. The van der Waals surface area contributed by atoms with E-state index in [0.717, 1.165) is 18.2 Å². The number of halogens is 1. The highest BCUT2D eigenvalue weighted by molar-refractivity contribution is 9.09. The Morgan fingerprint density at radius 1 is 1.73 bits per heavy atom. The lowest BCUT2D eigenvalue weighted by Gasteiger charge is -2.11. The van der Waals surface area contributed by atoms with Crippen LogP contribution in [0.2, 0.25) is 0 Å². The molecular weight excluding hydrogens is 258 g/mol. The summed E-state index contributed by atoms with van der Waals surface area (Å²) in [4.78, 5) is 11.7. The van der Waals surface area contributed by atoms with E-state index < -0.39 is 0 Å². The number of aromatic nitrogens is 2. The molecule has 0 saturated heterocycles. The third-order valence-corrected chi connectivity index (χ3v) is 2.68. The van der Waals surface area contributed by atoms with Crippen LogP contribution in [0, 0.1) is 0 Å². The van der Waals surface area contributed by atoms with E-state index in [0.29, 0.717) is 5.56 Å². The molecule has 5 heteroatoms. The monoisotopic (exact) mass is 273 g/mol. The number of amides is 1. The highest BCUT2D eigenvalue weighted by Gasteiger charge is 2.10. The van der Waals surface area contributed by atoms with Crippen LogP contribution in [0.1, 0.15) is 30.1 Å². The van der Waals surface area contributed by atoms with Gasteiger partial charge in [0, 0.05) is 24.6 Å². The van der Waals surface area contributed by atoms with Crippen molar-refractivity contribution in [3.63, 3.8) is 0 Å². The van der Waals surface area contributed by atoms with Crippen molar-refractivity contribution in [3.05, 3.63) is 18.0 Å². The predicted octanol–water partition coefficient (Wildman–Crippen LogP) is 1.71. The van der Waals surface area contributed by atoms with Gasteiger partial charge in [-0.2, -0.15) is 5.10 Å². The third-order valence-electron chi connectivity index (χ3n) is 2.12. The minimum atomic E-state index is -0.0508. The number of nitrogens with zero attached hydrogens (tertiary/aromatic N) is 2. The zero-order valence-corrected chi connectivity index (χ0v) is 10.6. The molecule has 1 amide bonds. The van der Waals surface area contributed by atoms with Gasteiger partial charge in [0.2, 0.25) is 0 Å². The number of carbonyl (C=O) groups excluding carboxylic acids is 1. The van der Waals surface area contributed by atoms with Gasteiger partial charge in [-0.3, -0.25) is 9.48 Å². The zero-order valence-electron chi connectivity index (χ0n) is 9.03. The van der Waals surface area contributed by atoms with Crippen molar-refractivity contribution in [3.8, 4) is 0 Å². The second-order valence-electron chi connectivity index (χ2n) is 3.61. The third kappa shape index (κ3) is 4.03. The summed E-state index contributed by atoms with van der Waals surface area (Å²) in [6.07, 6.45) is 5.34. The first kappa shape index (κ1) is 12.2. The summed E-state index contributed by atoms with van der Waals surface area (Å²) in [5, 5.41) is 7.86. The molecule has 1 N–H and O–H groups in total. The molecule has 15 heavy (non-hydrogen) atoms. The molecule has 1 rings (SSSR count). The van der Waals surface area contributed by atoms with Crippen molar-refractivity contribution in [2.24, 2.45) is 7.05 Å². The van der Waals surface area contributed by atoms with Crippen LogP contribution < -0.4 is 5.32 Å². The number of nitrogens with one attached hydrogen (secondary N) is 1. The Hall–Kier alpha value is -0.840. The van der Waals surface area contributed by atoms with Crippen molar-refractivity contribution < 1.29 is 4.79 Å². The number of carbonyl (C=O) groups is 1. The van der Waals surface area contributed by atoms with Gasteiger partial charge in [0.1, 0.15) is 0 Å². The molecule has 0 saturated carbocycles. The summed E-state index contributed by atoms with van der Waals surface area (Å²) in [5.74, 6) is -0.0508. The molecule has 1 unspecified atom stereocenters. The first-order chi connectivity index (χ1) is 7.13. The van der Waals surface area contributed by atoms with Gasteiger partial charge in [0.15, 0.2) is 0 Å². The van der Waals surface area contributed by atoms with Gasteiger partial charge >= 0.3 is 0 Å². The van der Waals surface area contributed by atoms with E-state index in [1.165, 1.54) is 0 Å². The summed E-state index contributed by atoms with van der Waals surface area (Å²) in [5.41, 5.74) is 0.614. The second kappa shape index (κ2) is 5.90. The van der Waals surface area contributed by atoms with Gasteiger partial charge in [0.25, 0.3) is 5.91 Å². The number of hydrogen-bond donors (Lipinski definition) is 1. The number of aryl methyl sites for hydroxylation is 1. The molecular formula is C10H16BrN3O. The predicted molar refractivity (Wildman–Crippen MR) is 63.2 cm³/mol. The lowest BCUT2D eigenvalue weighted by molar-refractivity contribution is 0.0938. The molecule has 0 fully saturated rings. The van der Waals surface area contributed by atoms with Crippen LogP contribution in [0.3, 0.4) is 0 Å². The maximum atomic E-state index is 11.7. The lowest BCUT2D eigenvalue weighted by atomic mass is 10.2. The largest absolute Gasteiger partial charge is 0.349 e.